The fourth-order valence-electron chi connectivity index (χ4n) is 2.13. The number of hydrogen-bond donors (Lipinski definition) is 0. The number of nitrogens with zero attached hydrogens (tertiary/aromatic N) is 2. The molecule has 0 N–H and O–H groups in total. The summed E-state index contributed by atoms with van der Waals surface area (Å²) in [4.78, 5) is 25.3. The van der Waals surface area contributed by atoms with Gasteiger partial charge in [-0.25, -0.2) is 4.79 Å². The number of anilines is 1. The van der Waals surface area contributed by atoms with Crippen LogP contribution in [0, 0.1) is 11.3 Å². The van der Waals surface area contributed by atoms with Gasteiger partial charge in [0.15, 0.2) is 6.61 Å². The van der Waals surface area contributed by atoms with E-state index in [9.17, 15) is 9.59 Å². The number of amides is 1. The van der Waals surface area contributed by atoms with E-state index in [-0.39, 0.29) is 19.1 Å². The number of hydrogen-bond acceptors (Lipinski definition) is 5. The van der Waals surface area contributed by atoms with Gasteiger partial charge in [-0.05, 0) is 43.3 Å². The maximum absolute atomic E-state index is 12.3. The molecule has 0 aliphatic heterocycles. The van der Waals surface area contributed by atoms with Crippen LogP contribution in [0.15, 0.2) is 54.6 Å². The molecule has 0 saturated carbocycles. The molecule has 25 heavy (non-hydrogen) atoms. The Morgan fingerprint density at radius 2 is 1.76 bits per heavy atom. The Labute approximate surface area is 146 Å². The molecule has 6 heteroatoms. The van der Waals surface area contributed by atoms with Crippen LogP contribution in [-0.4, -0.2) is 31.6 Å². The molecule has 0 aliphatic rings. The molecule has 128 valence electrons. The third-order valence-electron chi connectivity index (χ3n) is 3.33. The summed E-state index contributed by atoms with van der Waals surface area (Å²) < 4.78 is 10.4. The molecule has 0 spiro atoms. The highest BCUT2D eigenvalue weighted by Crippen LogP contribution is 2.16. The van der Waals surface area contributed by atoms with Gasteiger partial charge in [0.25, 0.3) is 5.91 Å². The van der Waals surface area contributed by atoms with Crippen molar-refractivity contribution in [1.82, 2.24) is 0 Å². The molecule has 0 atom stereocenters. The Balaban J connectivity index is 1.98. The zero-order chi connectivity index (χ0) is 18.1. The Bertz CT molecular complexity index is 751. The van der Waals surface area contributed by atoms with Crippen molar-refractivity contribution in [2.45, 2.75) is 6.92 Å². The second-order valence-electron chi connectivity index (χ2n) is 5.01. The molecule has 0 fully saturated rings. The molecule has 2 aromatic rings. The third-order valence-corrected chi connectivity index (χ3v) is 3.33. The van der Waals surface area contributed by atoms with E-state index < -0.39 is 5.97 Å². The van der Waals surface area contributed by atoms with Crippen LogP contribution in [0.25, 0.3) is 0 Å². The number of benzene rings is 2. The minimum absolute atomic E-state index is 0.0615. The summed E-state index contributed by atoms with van der Waals surface area (Å²) >= 11 is 0. The molecule has 0 aliphatic carbocycles. The van der Waals surface area contributed by atoms with Gasteiger partial charge in [0.2, 0.25) is 0 Å². The highest BCUT2D eigenvalue weighted by molar-refractivity contribution is 5.94. The Morgan fingerprint density at radius 3 is 2.36 bits per heavy atom. The van der Waals surface area contributed by atoms with E-state index in [2.05, 4.69) is 0 Å². The smallest absolute Gasteiger partial charge is 0.338 e. The monoisotopic (exact) mass is 338 g/mol. The van der Waals surface area contributed by atoms with Gasteiger partial charge in [-0.3, -0.25) is 9.69 Å². The molecule has 0 heterocycles. The molecule has 6 nitrogen and oxygen atoms in total. The fourth-order valence-corrected chi connectivity index (χ4v) is 2.13. The first-order valence-corrected chi connectivity index (χ1v) is 7.78. The molecule has 0 bridgehead atoms. The molecule has 2 rings (SSSR count). The minimum Gasteiger partial charge on any atom is -0.484 e. The molecule has 2 aromatic carbocycles. The van der Waals surface area contributed by atoms with Gasteiger partial charge in [-0.15, -0.1) is 0 Å². The van der Waals surface area contributed by atoms with Gasteiger partial charge in [0.1, 0.15) is 12.3 Å². The summed E-state index contributed by atoms with van der Waals surface area (Å²) in [6.07, 6.45) is 0. The largest absolute Gasteiger partial charge is 0.484 e. The van der Waals surface area contributed by atoms with Crippen LogP contribution < -0.4 is 9.64 Å². The Kier molecular flexibility index (Phi) is 6.55. The van der Waals surface area contributed by atoms with Crippen molar-refractivity contribution in [2.24, 2.45) is 0 Å². The van der Waals surface area contributed by atoms with E-state index in [1.165, 1.54) is 4.90 Å². The number of carbonyl (C=O) groups is 2. The molecule has 0 radical (unpaired) electrons. The van der Waals surface area contributed by atoms with Gasteiger partial charge in [0.05, 0.1) is 18.2 Å². The average molecular weight is 338 g/mol. The van der Waals surface area contributed by atoms with E-state index in [4.69, 9.17) is 14.7 Å². The maximum Gasteiger partial charge on any atom is 0.338 e. The lowest BCUT2D eigenvalue weighted by Crippen LogP contribution is -2.35. The summed E-state index contributed by atoms with van der Waals surface area (Å²) in [5, 5.41) is 8.93. The molecule has 0 aromatic heterocycles. The first-order valence-electron chi connectivity index (χ1n) is 7.78. The SMILES string of the molecule is CCOC(=O)c1ccc(OCC(=O)N(CC#N)c2ccccc2)cc1. The second kappa shape index (κ2) is 9.08. The van der Waals surface area contributed by atoms with Crippen molar-refractivity contribution >= 4 is 17.6 Å². The number of rotatable bonds is 7. The van der Waals surface area contributed by atoms with Gasteiger partial charge in [0, 0.05) is 5.69 Å². The zero-order valence-electron chi connectivity index (χ0n) is 13.8. The number of para-hydroxylation sites is 1. The molecule has 0 unspecified atom stereocenters. The van der Waals surface area contributed by atoms with Crippen molar-refractivity contribution in [3.8, 4) is 11.8 Å². The van der Waals surface area contributed by atoms with Crippen LogP contribution in [0.3, 0.4) is 0 Å². The lowest BCUT2D eigenvalue weighted by Gasteiger charge is -2.19. The molecule has 0 saturated heterocycles. The lowest BCUT2D eigenvalue weighted by atomic mass is 10.2. The normalized spacial score (nSPS) is 9.76. The minimum atomic E-state index is -0.408. The summed E-state index contributed by atoms with van der Waals surface area (Å²) in [7, 11) is 0. The lowest BCUT2D eigenvalue weighted by molar-refractivity contribution is -0.120. The maximum atomic E-state index is 12.3. The summed E-state index contributed by atoms with van der Waals surface area (Å²) in [5.41, 5.74) is 1.05. The highest BCUT2D eigenvalue weighted by Gasteiger charge is 2.16. The number of esters is 1. The number of carbonyl (C=O) groups excluding carboxylic acids is 2. The number of nitriles is 1. The van der Waals surface area contributed by atoms with Crippen molar-refractivity contribution in [2.75, 3.05) is 24.7 Å². The van der Waals surface area contributed by atoms with E-state index in [1.54, 1.807) is 55.5 Å². The van der Waals surface area contributed by atoms with Crippen molar-refractivity contribution in [1.29, 1.82) is 5.26 Å². The van der Waals surface area contributed by atoms with Crippen LogP contribution in [0.2, 0.25) is 0 Å². The predicted octanol–water partition coefficient (Wildman–Crippen LogP) is 2.80. The summed E-state index contributed by atoms with van der Waals surface area (Å²) in [5.74, 6) is -0.289. The second-order valence-corrected chi connectivity index (χ2v) is 5.01. The van der Waals surface area contributed by atoms with Crippen LogP contribution in [0.4, 0.5) is 5.69 Å². The van der Waals surface area contributed by atoms with Gasteiger partial charge < -0.3 is 9.47 Å². The summed E-state index contributed by atoms with van der Waals surface area (Å²) in [6.45, 7) is 1.77. The first-order chi connectivity index (χ1) is 12.2. The van der Waals surface area contributed by atoms with Crippen LogP contribution in [-0.2, 0) is 9.53 Å². The molecular weight excluding hydrogens is 320 g/mol. The average Bonchev–Trinajstić information content (AvgIpc) is 2.65. The van der Waals surface area contributed by atoms with Gasteiger partial charge >= 0.3 is 5.97 Å². The van der Waals surface area contributed by atoms with Gasteiger partial charge in [-0.1, -0.05) is 18.2 Å². The quantitative estimate of drug-likeness (QED) is 0.573. The highest BCUT2D eigenvalue weighted by atomic mass is 16.5. The zero-order valence-corrected chi connectivity index (χ0v) is 13.8. The Morgan fingerprint density at radius 1 is 1.08 bits per heavy atom. The third kappa shape index (κ3) is 5.08. The molecular formula is C19H18N2O4. The summed E-state index contributed by atoms with van der Waals surface area (Å²) in [6, 6.07) is 17.2. The van der Waals surface area contributed by atoms with Crippen LogP contribution >= 0.6 is 0 Å². The van der Waals surface area contributed by atoms with E-state index in [0.29, 0.717) is 23.6 Å². The van der Waals surface area contributed by atoms with Crippen LogP contribution in [0.5, 0.6) is 5.75 Å². The Hall–Kier alpha value is -3.33. The first kappa shape index (κ1) is 18.0. The predicted molar refractivity (Wildman–Crippen MR) is 92.3 cm³/mol. The van der Waals surface area contributed by atoms with E-state index in [1.807, 2.05) is 12.1 Å². The van der Waals surface area contributed by atoms with Crippen molar-refractivity contribution < 1.29 is 19.1 Å². The standard InChI is InChI=1S/C19H18N2O4/c1-2-24-19(23)15-8-10-17(11-9-15)25-14-18(22)21(13-12-20)16-6-4-3-5-7-16/h3-11H,2,13-14H2,1H3. The van der Waals surface area contributed by atoms with E-state index >= 15 is 0 Å². The van der Waals surface area contributed by atoms with Gasteiger partial charge in [-0.2, -0.15) is 5.26 Å². The molecule has 1 amide bonds. The topological polar surface area (TPSA) is 79.6 Å². The van der Waals surface area contributed by atoms with Crippen LogP contribution in [0.1, 0.15) is 17.3 Å². The van der Waals surface area contributed by atoms with E-state index in [0.717, 1.165) is 0 Å². The fraction of sp³-hybridized carbons (Fsp3) is 0.211. The van der Waals surface area contributed by atoms with Crippen molar-refractivity contribution in [3.63, 3.8) is 0 Å². The number of ether oxygens (including phenoxy) is 2. The van der Waals surface area contributed by atoms with Crippen molar-refractivity contribution in [3.05, 3.63) is 60.2 Å².